The van der Waals surface area contributed by atoms with Crippen LogP contribution in [0.25, 0.3) is 5.69 Å². The van der Waals surface area contributed by atoms with Crippen LogP contribution in [0.1, 0.15) is 29.7 Å². The van der Waals surface area contributed by atoms with Gasteiger partial charge in [-0.25, -0.2) is 18.1 Å². The Labute approximate surface area is 154 Å². The van der Waals surface area contributed by atoms with Gasteiger partial charge in [0.2, 0.25) is 10.0 Å². The fourth-order valence-electron chi connectivity index (χ4n) is 2.91. The van der Waals surface area contributed by atoms with E-state index in [0.717, 1.165) is 22.4 Å². The molecule has 0 saturated carbocycles. The second-order valence-corrected chi connectivity index (χ2v) is 8.36. The lowest BCUT2D eigenvalue weighted by atomic mass is 10.1. The first-order valence-electron chi connectivity index (χ1n) is 8.31. The van der Waals surface area contributed by atoms with Crippen LogP contribution < -0.4 is 0 Å². The third-order valence-corrected chi connectivity index (χ3v) is 6.68. The zero-order chi connectivity index (χ0) is 18.9. The van der Waals surface area contributed by atoms with Gasteiger partial charge < -0.3 is 0 Å². The Morgan fingerprint density at radius 1 is 1.08 bits per heavy atom. The summed E-state index contributed by atoms with van der Waals surface area (Å²) in [5.41, 5.74) is 3.58. The number of nitrogens with zero attached hydrogens (tertiary/aromatic N) is 4. The molecule has 1 heterocycles. The summed E-state index contributed by atoms with van der Waals surface area (Å²) in [4.78, 5) is 4.27. The predicted octanol–water partition coefficient (Wildman–Crippen LogP) is 3.27. The Kier molecular flexibility index (Phi) is 4.93. The molecule has 0 unspecified atom stereocenters. The molecule has 0 N–H and O–H groups in total. The normalized spacial score (nSPS) is 13.1. The Morgan fingerprint density at radius 3 is 2.35 bits per heavy atom. The quantitative estimate of drug-likeness (QED) is 0.691. The van der Waals surface area contributed by atoms with Crippen LogP contribution in [0.15, 0.2) is 60.0 Å². The van der Waals surface area contributed by atoms with Gasteiger partial charge in [0.25, 0.3) is 0 Å². The van der Waals surface area contributed by atoms with Gasteiger partial charge in [-0.3, -0.25) is 0 Å². The zero-order valence-corrected chi connectivity index (χ0v) is 16.1. The van der Waals surface area contributed by atoms with E-state index < -0.39 is 10.0 Å². The van der Waals surface area contributed by atoms with E-state index in [9.17, 15) is 8.42 Å². The minimum atomic E-state index is -3.58. The molecule has 6 nitrogen and oxygen atoms in total. The maximum Gasteiger partial charge on any atom is 0.243 e. The fraction of sp³-hybridized carbons (Fsp3) is 0.263. The molecule has 0 saturated heterocycles. The lowest BCUT2D eigenvalue weighted by Gasteiger charge is -2.25. The van der Waals surface area contributed by atoms with Crippen molar-refractivity contribution < 1.29 is 8.42 Å². The number of hydrogen-bond acceptors (Lipinski definition) is 4. The molecule has 0 spiro atoms. The lowest BCUT2D eigenvalue weighted by molar-refractivity contribution is 0.398. The first kappa shape index (κ1) is 18.3. The molecule has 0 amide bonds. The minimum absolute atomic E-state index is 0.300. The zero-order valence-electron chi connectivity index (χ0n) is 15.3. The standard InChI is InChI=1S/C19H22N4O2S/c1-14-5-10-19(15(2)11-14)26(24,25)22(4)16(3)17-6-8-18(9-7-17)23-13-20-12-21-23/h5-13,16H,1-4H3/t16-/m0/s1. The third-order valence-electron chi connectivity index (χ3n) is 4.59. The monoisotopic (exact) mass is 370 g/mol. The summed E-state index contributed by atoms with van der Waals surface area (Å²) in [6.07, 6.45) is 3.09. The summed E-state index contributed by atoms with van der Waals surface area (Å²) in [6.45, 7) is 5.66. The van der Waals surface area contributed by atoms with Gasteiger partial charge in [0.05, 0.1) is 10.6 Å². The highest BCUT2D eigenvalue weighted by atomic mass is 32.2. The van der Waals surface area contributed by atoms with Gasteiger partial charge >= 0.3 is 0 Å². The summed E-state index contributed by atoms with van der Waals surface area (Å²) in [5.74, 6) is 0. The average molecular weight is 370 g/mol. The number of aryl methyl sites for hydroxylation is 2. The van der Waals surface area contributed by atoms with Crippen molar-refractivity contribution in [1.82, 2.24) is 19.1 Å². The molecule has 3 aromatic rings. The van der Waals surface area contributed by atoms with Crippen molar-refractivity contribution in [1.29, 1.82) is 0 Å². The highest BCUT2D eigenvalue weighted by molar-refractivity contribution is 7.89. The SMILES string of the molecule is Cc1ccc(S(=O)(=O)N(C)[C@@H](C)c2ccc(-n3cncn3)cc2)c(C)c1. The molecule has 0 fully saturated rings. The second kappa shape index (κ2) is 7.01. The first-order valence-corrected chi connectivity index (χ1v) is 9.75. The van der Waals surface area contributed by atoms with Crippen LogP contribution in [0.4, 0.5) is 0 Å². The number of sulfonamides is 1. The fourth-order valence-corrected chi connectivity index (χ4v) is 4.46. The van der Waals surface area contributed by atoms with Gasteiger partial charge in [0, 0.05) is 13.1 Å². The van der Waals surface area contributed by atoms with Crippen LogP contribution >= 0.6 is 0 Å². The molecular weight excluding hydrogens is 348 g/mol. The van der Waals surface area contributed by atoms with E-state index in [1.165, 1.54) is 10.6 Å². The van der Waals surface area contributed by atoms with E-state index in [0.29, 0.717) is 4.90 Å². The largest absolute Gasteiger partial charge is 0.243 e. The predicted molar refractivity (Wildman–Crippen MR) is 101 cm³/mol. The molecule has 0 bridgehead atoms. The van der Waals surface area contributed by atoms with Crippen molar-refractivity contribution in [2.75, 3.05) is 7.05 Å². The van der Waals surface area contributed by atoms with Gasteiger partial charge in [0.1, 0.15) is 12.7 Å². The molecule has 0 aliphatic carbocycles. The summed E-state index contributed by atoms with van der Waals surface area (Å²) in [5, 5.41) is 4.09. The molecule has 0 aliphatic heterocycles. The smallest absolute Gasteiger partial charge is 0.223 e. The van der Waals surface area contributed by atoms with E-state index in [1.54, 1.807) is 24.1 Å². The summed E-state index contributed by atoms with van der Waals surface area (Å²) >= 11 is 0. The van der Waals surface area contributed by atoms with Crippen molar-refractivity contribution in [3.8, 4) is 5.69 Å². The van der Waals surface area contributed by atoms with Crippen molar-refractivity contribution in [2.24, 2.45) is 0 Å². The Balaban J connectivity index is 1.87. The van der Waals surface area contributed by atoms with E-state index in [-0.39, 0.29) is 6.04 Å². The van der Waals surface area contributed by atoms with Crippen LogP contribution in [0.2, 0.25) is 0 Å². The second-order valence-electron chi connectivity index (χ2n) is 6.40. The lowest BCUT2D eigenvalue weighted by Crippen LogP contribution is -2.30. The highest BCUT2D eigenvalue weighted by Gasteiger charge is 2.27. The van der Waals surface area contributed by atoms with Crippen molar-refractivity contribution in [3.05, 3.63) is 71.8 Å². The Hall–Kier alpha value is -2.51. The van der Waals surface area contributed by atoms with Gasteiger partial charge in [-0.2, -0.15) is 9.40 Å². The van der Waals surface area contributed by atoms with E-state index in [2.05, 4.69) is 10.1 Å². The number of hydrogen-bond donors (Lipinski definition) is 0. The summed E-state index contributed by atoms with van der Waals surface area (Å²) < 4.78 is 29.1. The molecule has 0 radical (unpaired) electrons. The molecule has 1 atom stereocenters. The third kappa shape index (κ3) is 3.40. The molecule has 7 heteroatoms. The molecule has 26 heavy (non-hydrogen) atoms. The summed E-state index contributed by atoms with van der Waals surface area (Å²) in [6, 6.07) is 12.7. The topological polar surface area (TPSA) is 68.1 Å². The van der Waals surface area contributed by atoms with Gasteiger partial charge in [-0.05, 0) is 50.1 Å². The Morgan fingerprint density at radius 2 is 1.77 bits per heavy atom. The van der Waals surface area contributed by atoms with E-state index in [1.807, 2.05) is 57.2 Å². The van der Waals surface area contributed by atoms with Crippen molar-refractivity contribution >= 4 is 10.0 Å². The van der Waals surface area contributed by atoms with Crippen LogP contribution in [-0.2, 0) is 10.0 Å². The van der Waals surface area contributed by atoms with Crippen molar-refractivity contribution in [2.45, 2.75) is 31.7 Å². The molecule has 3 rings (SSSR count). The maximum atomic E-state index is 13.0. The van der Waals surface area contributed by atoms with Gasteiger partial charge in [-0.15, -0.1) is 0 Å². The minimum Gasteiger partial charge on any atom is -0.223 e. The number of rotatable bonds is 5. The van der Waals surface area contributed by atoms with Crippen LogP contribution in [-0.4, -0.2) is 34.5 Å². The van der Waals surface area contributed by atoms with Crippen LogP contribution in [0, 0.1) is 13.8 Å². The molecule has 0 aliphatic rings. The average Bonchev–Trinajstić information content (AvgIpc) is 3.15. The molecule has 136 valence electrons. The van der Waals surface area contributed by atoms with E-state index in [4.69, 9.17) is 0 Å². The molecule has 2 aromatic carbocycles. The first-order chi connectivity index (χ1) is 12.3. The van der Waals surface area contributed by atoms with E-state index >= 15 is 0 Å². The number of aromatic nitrogens is 3. The van der Waals surface area contributed by atoms with Gasteiger partial charge in [0.15, 0.2) is 0 Å². The summed E-state index contributed by atoms with van der Waals surface area (Å²) in [7, 11) is -1.97. The molecular formula is C19H22N4O2S. The van der Waals surface area contributed by atoms with Crippen LogP contribution in [0.5, 0.6) is 0 Å². The van der Waals surface area contributed by atoms with Gasteiger partial charge in [-0.1, -0.05) is 29.8 Å². The van der Waals surface area contributed by atoms with Crippen molar-refractivity contribution in [3.63, 3.8) is 0 Å². The Bertz CT molecular complexity index is 997. The molecule has 1 aromatic heterocycles. The maximum absolute atomic E-state index is 13.0. The number of benzene rings is 2. The highest BCUT2D eigenvalue weighted by Crippen LogP contribution is 2.28. The van der Waals surface area contributed by atoms with Crippen LogP contribution in [0.3, 0.4) is 0 Å².